The van der Waals surface area contributed by atoms with Crippen LogP contribution in [0.4, 0.5) is 8.78 Å². The molecule has 1 N–H and O–H groups in total. The maximum absolute atomic E-state index is 12.1. The predicted molar refractivity (Wildman–Crippen MR) is 44.9 cm³/mol. The standard InChI is InChI=1S/C7H10F2N2S/c1-2-3-11-6(12)4-5(10-11)7(8)9/h4,7,10H,2-3H2,1H3. The number of rotatable bonds is 3. The Kier molecular flexibility index (Phi) is 2.97. The van der Waals surface area contributed by atoms with E-state index in [2.05, 4.69) is 5.10 Å². The minimum atomic E-state index is -2.47. The Bertz CT molecular complexity index is 303. The molecule has 0 fully saturated rings. The number of halogens is 2. The van der Waals surface area contributed by atoms with Crippen molar-refractivity contribution in [2.24, 2.45) is 0 Å². The molecule has 12 heavy (non-hydrogen) atoms. The van der Waals surface area contributed by atoms with E-state index in [0.717, 1.165) is 6.42 Å². The van der Waals surface area contributed by atoms with E-state index < -0.39 is 6.43 Å². The van der Waals surface area contributed by atoms with E-state index in [1.165, 1.54) is 6.07 Å². The second-order valence-corrected chi connectivity index (χ2v) is 2.92. The van der Waals surface area contributed by atoms with E-state index in [-0.39, 0.29) is 5.69 Å². The summed E-state index contributed by atoms with van der Waals surface area (Å²) in [5, 5.41) is 2.54. The fraction of sp³-hybridized carbons (Fsp3) is 0.571. The number of aromatic amines is 1. The zero-order valence-electron chi connectivity index (χ0n) is 6.68. The molecule has 5 heteroatoms. The van der Waals surface area contributed by atoms with Crippen LogP contribution >= 0.6 is 12.2 Å². The lowest BCUT2D eigenvalue weighted by molar-refractivity contribution is 0.145. The van der Waals surface area contributed by atoms with Gasteiger partial charge in [-0.1, -0.05) is 19.1 Å². The molecule has 1 rings (SSSR count). The van der Waals surface area contributed by atoms with Gasteiger partial charge in [0.15, 0.2) is 0 Å². The maximum atomic E-state index is 12.1. The van der Waals surface area contributed by atoms with Gasteiger partial charge in [0, 0.05) is 12.6 Å². The molecule has 68 valence electrons. The Hall–Kier alpha value is -0.710. The zero-order chi connectivity index (χ0) is 9.14. The molecule has 0 spiro atoms. The molecule has 0 aliphatic heterocycles. The molecular weight excluding hydrogens is 182 g/mol. The molecule has 2 nitrogen and oxygen atoms in total. The molecule has 0 aromatic carbocycles. The molecule has 0 saturated carbocycles. The van der Waals surface area contributed by atoms with Crippen molar-refractivity contribution in [1.29, 1.82) is 0 Å². The number of aromatic nitrogens is 2. The van der Waals surface area contributed by atoms with Gasteiger partial charge in [0.05, 0.1) is 0 Å². The predicted octanol–water partition coefficient (Wildman–Crippen LogP) is 2.89. The van der Waals surface area contributed by atoms with Gasteiger partial charge in [-0.3, -0.25) is 9.78 Å². The summed E-state index contributed by atoms with van der Waals surface area (Å²) in [5.41, 5.74) is -0.103. The average molecular weight is 192 g/mol. The Balaban J connectivity index is 2.93. The van der Waals surface area contributed by atoms with E-state index >= 15 is 0 Å². The summed E-state index contributed by atoms with van der Waals surface area (Å²) in [6.45, 7) is 2.62. The molecule has 0 bridgehead atoms. The third-order valence-electron chi connectivity index (χ3n) is 1.49. The third-order valence-corrected chi connectivity index (χ3v) is 1.83. The number of aryl methyl sites for hydroxylation is 1. The molecule has 1 aromatic rings. The van der Waals surface area contributed by atoms with Crippen LogP contribution in [0.5, 0.6) is 0 Å². The summed E-state index contributed by atoms with van der Waals surface area (Å²) in [6.07, 6.45) is -1.60. The lowest BCUT2D eigenvalue weighted by atomic mass is 10.5. The summed E-state index contributed by atoms with van der Waals surface area (Å²) in [5.74, 6) is 0. The fourth-order valence-corrected chi connectivity index (χ4v) is 1.22. The molecule has 0 unspecified atom stereocenters. The highest BCUT2D eigenvalue weighted by Gasteiger charge is 2.09. The normalized spacial score (nSPS) is 11.0. The largest absolute Gasteiger partial charge is 0.296 e. The van der Waals surface area contributed by atoms with Gasteiger partial charge in [-0.25, -0.2) is 8.78 Å². The molecule has 0 amide bonds. The number of H-pyrrole nitrogens is 1. The van der Waals surface area contributed by atoms with Crippen molar-refractivity contribution in [3.05, 3.63) is 16.4 Å². The smallest absolute Gasteiger partial charge is 0.279 e. The van der Waals surface area contributed by atoms with Gasteiger partial charge in [-0.2, -0.15) is 0 Å². The maximum Gasteiger partial charge on any atom is 0.279 e. The van der Waals surface area contributed by atoms with Crippen LogP contribution in [0, 0.1) is 4.64 Å². The van der Waals surface area contributed by atoms with Gasteiger partial charge in [0.1, 0.15) is 10.3 Å². The first kappa shape index (κ1) is 9.38. The zero-order valence-corrected chi connectivity index (χ0v) is 7.50. The van der Waals surface area contributed by atoms with Gasteiger partial charge in [-0.05, 0) is 6.42 Å². The van der Waals surface area contributed by atoms with Crippen LogP contribution in [-0.2, 0) is 6.54 Å². The number of alkyl halides is 2. The minimum absolute atomic E-state index is 0.103. The van der Waals surface area contributed by atoms with E-state index in [1.807, 2.05) is 6.92 Å². The Labute approximate surface area is 74.2 Å². The highest BCUT2D eigenvalue weighted by molar-refractivity contribution is 7.71. The second-order valence-electron chi connectivity index (χ2n) is 2.50. The first-order valence-electron chi connectivity index (χ1n) is 3.73. The third kappa shape index (κ3) is 1.91. The molecule has 0 saturated heterocycles. The van der Waals surface area contributed by atoms with E-state index in [1.54, 1.807) is 4.68 Å². The van der Waals surface area contributed by atoms with Gasteiger partial charge < -0.3 is 0 Å². The van der Waals surface area contributed by atoms with Crippen molar-refractivity contribution in [3.8, 4) is 0 Å². The fourth-order valence-electron chi connectivity index (χ4n) is 0.956. The van der Waals surface area contributed by atoms with Crippen LogP contribution in [0.3, 0.4) is 0 Å². The van der Waals surface area contributed by atoms with Gasteiger partial charge in [0.25, 0.3) is 6.43 Å². The molecule has 0 atom stereocenters. The summed E-state index contributed by atoms with van der Waals surface area (Å²) in [6, 6.07) is 1.30. The molecular formula is C7H10F2N2S. The van der Waals surface area contributed by atoms with Crippen molar-refractivity contribution in [1.82, 2.24) is 9.78 Å². The van der Waals surface area contributed by atoms with Crippen LogP contribution in [0.15, 0.2) is 6.07 Å². The number of hydrogen-bond acceptors (Lipinski definition) is 1. The summed E-state index contributed by atoms with van der Waals surface area (Å²) in [7, 11) is 0. The molecule has 1 aromatic heterocycles. The quantitative estimate of drug-likeness (QED) is 0.730. The lowest BCUT2D eigenvalue weighted by Crippen LogP contribution is -1.99. The van der Waals surface area contributed by atoms with Gasteiger partial charge in [-0.15, -0.1) is 0 Å². The van der Waals surface area contributed by atoms with E-state index in [9.17, 15) is 8.78 Å². The first-order chi connectivity index (χ1) is 5.65. The summed E-state index contributed by atoms with van der Waals surface area (Å²) in [4.78, 5) is 0. The lowest BCUT2D eigenvalue weighted by Gasteiger charge is -1.98. The van der Waals surface area contributed by atoms with Gasteiger partial charge in [0.2, 0.25) is 0 Å². The van der Waals surface area contributed by atoms with Crippen LogP contribution in [-0.4, -0.2) is 9.78 Å². The van der Waals surface area contributed by atoms with Crippen LogP contribution in [0.25, 0.3) is 0 Å². The Morgan fingerprint density at radius 1 is 1.67 bits per heavy atom. The molecule has 1 heterocycles. The van der Waals surface area contributed by atoms with Crippen LogP contribution < -0.4 is 0 Å². The first-order valence-corrected chi connectivity index (χ1v) is 4.14. The van der Waals surface area contributed by atoms with Crippen molar-refractivity contribution in [3.63, 3.8) is 0 Å². The summed E-state index contributed by atoms with van der Waals surface area (Å²) >= 11 is 4.86. The van der Waals surface area contributed by atoms with Crippen LogP contribution in [0.1, 0.15) is 25.5 Å². The van der Waals surface area contributed by atoms with Gasteiger partial charge >= 0.3 is 0 Å². The Morgan fingerprint density at radius 2 is 2.33 bits per heavy atom. The van der Waals surface area contributed by atoms with E-state index in [0.29, 0.717) is 11.2 Å². The Morgan fingerprint density at radius 3 is 2.75 bits per heavy atom. The topological polar surface area (TPSA) is 20.7 Å². The van der Waals surface area contributed by atoms with Crippen molar-refractivity contribution in [2.45, 2.75) is 26.3 Å². The molecule has 0 aliphatic carbocycles. The molecule has 0 radical (unpaired) electrons. The monoisotopic (exact) mass is 192 g/mol. The molecule has 0 aliphatic rings. The van der Waals surface area contributed by atoms with Crippen molar-refractivity contribution < 1.29 is 8.78 Å². The van der Waals surface area contributed by atoms with E-state index in [4.69, 9.17) is 12.2 Å². The minimum Gasteiger partial charge on any atom is -0.296 e. The number of nitrogens with one attached hydrogen (secondary N) is 1. The number of nitrogens with zero attached hydrogens (tertiary/aromatic N) is 1. The van der Waals surface area contributed by atoms with Crippen molar-refractivity contribution >= 4 is 12.2 Å². The van der Waals surface area contributed by atoms with Crippen LogP contribution in [0.2, 0.25) is 0 Å². The second kappa shape index (κ2) is 3.80. The summed E-state index contributed by atoms with van der Waals surface area (Å²) < 4.78 is 26.2. The highest BCUT2D eigenvalue weighted by atomic mass is 32.1. The SMILES string of the molecule is CCCn1[nH]c(C(F)F)cc1=S. The number of hydrogen-bond donors (Lipinski definition) is 1. The van der Waals surface area contributed by atoms with Crippen molar-refractivity contribution in [2.75, 3.05) is 0 Å². The highest BCUT2D eigenvalue weighted by Crippen LogP contribution is 2.16. The average Bonchev–Trinajstić information content (AvgIpc) is 2.34.